The van der Waals surface area contributed by atoms with Gasteiger partial charge in [-0.05, 0) is 31.7 Å². The van der Waals surface area contributed by atoms with Crippen molar-refractivity contribution in [2.24, 2.45) is 10.9 Å². The molecule has 7 nitrogen and oxygen atoms in total. The number of ether oxygens (including phenoxy) is 1. The molecule has 2 unspecified atom stereocenters. The van der Waals surface area contributed by atoms with Crippen LogP contribution in [0.4, 0.5) is 0 Å². The van der Waals surface area contributed by atoms with Crippen molar-refractivity contribution in [1.82, 2.24) is 20.4 Å². The normalized spacial score (nSPS) is 24.0. The number of rotatable bonds is 6. The maximum Gasteiger partial charge on any atom is 0.225 e. The fraction of sp³-hybridized carbons (Fsp3) is 0.680. The lowest BCUT2D eigenvalue weighted by atomic mass is 10.0. The van der Waals surface area contributed by atoms with E-state index in [1.54, 1.807) is 0 Å². The van der Waals surface area contributed by atoms with Gasteiger partial charge >= 0.3 is 0 Å². The summed E-state index contributed by atoms with van der Waals surface area (Å²) in [6.45, 7) is 7.97. The first kappa shape index (κ1) is 23.1. The SMILES string of the molecule is CN=C(NCC(c1ccc(C)cc1)N1CCOCC1)NC1CCN(C(=O)C2CCCC2)C1. The third-order valence-corrected chi connectivity index (χ3v) is 7.18. The molecule has 3 fully saturated rings. The number of amides is 1. The molecule has 2 aliphatic heterocycles. The molecule has 0 aromatic heterocycles. The van der Waals surface area contributed by atoms with Crippen molar-refractivity contribution in [2.45, 2.75) is 51.1 Å². The van der Waals surface area contributed by atoms with E-state index in [1.165, 1.54) is 24.0 Å². The van der Waals surface area contributed by atoms with Crippen molar-refractivity contribution in [1.29, 1.82) is 0 Å². The number of guanidine groups is 1. The minimum absolute atomic E-state index is 0.257. The van der Waals surface area contributed by atoms with Crippen molar-refractivity contribution in [3.8, 4) is 0 Å². The Morgan fingerprint density at radius 2 is 1.84 bits per heavy atom. The molecule has 2 saturated heterocycles. The minimum atomic E-state index is 0.257. The lowest BCUT2D eigenvalue weighted by Gasteiger charge is -2.35. The number of aliphatic imine (C=N–C) groups is 1. The Morgan fingerprint density at radius 3 is 2.53 bits per heavy atom. The van der Waals surface area contributed by atoms with Crippen molar-refractivity contribution < 1.29 is 9.53 Å². The molecule has 176 valence electrons. The molecular weight excluding hydrogens is 402 g/mol. The van der Waals surface area contributed by atoms with Crippen LogP contribution in [0.3, 0.4) is 0 Å². The van der Waals surface area contributed by atoms with Crippen LogP contribution in [0.1, 0.15) is 49.3 Å². The lowest BCUT2D eigenvalue weighted by molar-refractivity contribution is -0.134. The highest BCUT2D eigenvalue weighted by Gasteiger charge is 2.32. The van der Waals surface area contributed by atoms with Gasteiger partial charge in [-0.3, -0.25) is 14.7 Å². The molecule has 2 N–H and O–H groups in total. The van der Waals surface area contributed by atoms with Gasteiger partial charge < -0.3 is 20.3 Å². The summed E-state index contributed by atoms with van der Waals surface area (Å²) in [5, 5.41) is 7.12. The Bertz CT molecular complexity index is 769. The second-order valence-corrected chi connectivity index (χ2v) is 9.42. The molecule has 1 aromatic rings. The Balaban J connectivity index is 1.32. The molecule has 2 atom stereocenters. The molecule has 0 radical (unpaired) electrons. The van der Waals surface area contributed by atoms with Crippen LogP contribution in [0, 0.1) is 12.8 Å². The van der Waals surface area contributed by atoms with E-state index in [0.717, 1.165) is 71.2 Å². The molecule has 32 heavy (non-hydrogen) atoms. The summed E-state index contributed by atoms with van der Waals surface area (Å²) in [5.74, 6) is 1.44. The zero-order valence-electron chi connectivity index (χ0n) is 19.7. The highest BCUT2D eigenvalue weighted by atomic mass is 16.5. The highest BCUT2D eigenvalue weighted by Crippen LogP contribution is 2.28. The van der Waals surface area contributed by atoms with E-state index in [4.69, 9.17) is 4.74 Å². The van der Waals surface area contributed by atoms with Gasteiger partial charge in [-0.15, -0.1) is 0 Å². The van der Waals surface area contributed by atoms with E-state index in [0.29, 0.717) is 5.91 Å². The predicted octanol–water partition coefficient (Wildman–Crippen LogP) is 2.32. The number of morpholine rings is 1. The maximum atomic E-state index is 12.8. The van der Waals surface area contributed by atoms with Gasteiger partial charge in [-0.25, -0.2) is 0 Å². The lowest BCUT2D eigenvalue weighted by Crippen LogP contribution is -2.49. The summed E-state index contributed by atoms with van der Waals surface area (Å²) in [7, 11) is 1.82. The average Bonchev–Trinajstić information content (AvgIpc) is 3.52. The fourth-order valence-corrected chi connectivity index (χ4v) is 5.23. The van der Waals surface area contributed by atoms with Crippen LogP contribution in [-0.4, -0.2) is 80.7 Å². The molecule has 1 saturated carbocycles. The zero-order valence-corrected chi connectivity index (χ0v) is 19.7. The van der Waals surface area contributed by atoms with Gasteiger partial charge in [0.2, 0.25) is 5.91 Å². The van der Waals surface area contributed by atoms with E-state index in [-0.39, 0.29) is 18.0 Å². The first-order chi connectivity index (χ1) is 15.6. The topological polar surface area (TPSA) is 69.2 Å². The Kier molecular flexibility index (Phi) is 8.03. The first-order valence-corrected chi connectivity index (χ1v) is 12.3. The van der Waals surface area contributed by atoms with Gasteiger partial charge in [0.1, 0.15) is 0 Å². The summed E-state index contributed by atoms with van der Waals surface area (Å²) in [5.41, 5.74) is 2.59. The molecule has 4 rings (SSSR count). The first-order valence-electron chi connectivity index (χ1n) is 12.3. The van der Waals surface area contributed by atoms with Crippen LogP contribution < -0.4 is 10.6 Å². The second-order valence-electron chi connectivity index (χ2n) is 9.42. The molecule has 7 heteroatoms. The summed E-state index contributed by atoms with van der Waals surface area (Å²) in [6.07, 6.45) is 5.52. The van der Waals surface area contributed by atoms with E-state index < -0.39 is 0 Å². The summed E-state index contributed by atoms with van der Waals surface area (Å²) >= 11 is 0. The van der Waals surface area contributed by atoms with Crippen molar-refractivity contribution >= 4 is 11.9 Å². The molecule has 2 heterocycles. The Hall–Kier alpha value is -2.12. The van der Waals surface area contributed by atoms with Gasteiger partial charge in [0.15, 0.2) is 5.96 Å². The molecular formula is C25H39N5O2. The van der Waals surface area contributed by atoms with Gasteiger partial charge in [0, 0.05) is 51.7 Å². The molecule has 0 spiro atoms. The van der Waals surface area contributed by atoms with Crippen LogP contribution in [0.2, 0.25) is 0 Å². The van der Waals surface area contributed by atoms with Gasteiger partial charge in [-0.2, -0.15) is 0 Å². The molecule has 1 aliphatic carbocycles. The van der Waals surface area contributed by atoms with Crippen LogP contribution in [0.5, 0.6) is 0 Å². The second kappa shape index (κ2) is 11.1. The number of nitrogens with zero attached hydrogens (tertiary/aromatic N) is 3. The number of hydrogen-bond acceptors (Lipinski definition) is 4. The monoisotopic (exact) mass is 441 g/mol. The maximum absolute atomic E-state index is 12.8. The standard InChI is InChI=1S/C25H39N5O2/c1-19-7-9-20(10-8-19)23(29-13-15-32-16-14-29)17-27-25(26-2)28-22-11-12-30(18-22)24(31)21-5-3-4-6-21/h7-10,21-23H,3-6,11-18H2,1-2H3,(H2,26,27,28). The van der Waals surface area contributed by atoms with Gasteiger partial charge in [0.05, 0.1) is 19.3 Å². The molecule has 0 bridgehead atoms. The van der Waals surface area contributed by atoms with E-state index in [2.05, 4.69) is 56.6 Å². The van der Waals surface area contributed by atoms with Crippen molar-refractivity contribution in [3.63, 3.8) is 0 Å². The van der Waals surface area contributed by atoms with Crippen LogP contribution in [0.15, 0.2) is 29.3 Å². The highest BCUT2D eigenvalue weighted by molar-refractivity contribution is 5.81. The smallest absolute Gasteiger partial charge is 0.225 e. The third-order valence-electron chi connectivity index (χ3n) is 7.18. The summed E-state index contributed by atoms with van der Waals surface area (Å²) in [4.78, 5) is 21.8. The third kappa shape index (κ3) is 5.81. The van der Waals surface area contributed by atoms with Crippen LogP contribution in [0.25, 0.3) is 0 Å². The number of benzene rings is 1. The molecule has 1 aromatic carbocycles. The van der Waals surface area contributed by atoms with Gasteiger partial charge in [0.25, 0.3) is 0 Å². The zero-order chi connectivity index (χ0) is 22.3. The summed E-state index contributed by atoms with van der Waals surface area (Å²) < 4.78 is 5.58. The minimum Gasteiger partial charge on any atom is -0.379 e. The molecule has 1 amide bonds. The summed E-state index contributed by atoms with van der Waals surface area (Å²) in [6, 6.07) is 9.36. The van der Waals surface area contributed by atoms with Crippen molar-refractivity contribution in [3.05, 3.63) is 35.4 Å². The Labute approximate surface area is 192 Å². The van der Waals surface area contributed by atoms with Crippen LogP contribution >= 0.6 is 0 Å². The van der Waals surface area contributed by atoms with E-state index in [9.17, 15) is 4.79 Å². The van der Waals surface area contributed by atoms with Crippen LogP contribution in [-0.2, 0) is 9.53 Å². The number of hydrogen-bond donors (Lipinski definition) is 2. The largest absolute Gasteiger partial charge is 0.379 e. The number of likely N-dealkylation sites (tertiary alicyclic amines) is 1. The Morgan fingerprint density at radius 1 is 1.12 bits per heavy atom. The molecule has 3 aliphatic rings. The van der Waals surface area contributed by atoms with Crippen molar-refractivity contribution in [2.75, 3.05) is 53.0 Å². The number of nitrogens with one attached hydrogen (secondary N) is 2. The number of aryl methyl sites for hydroxylation is 1. The quantitative estimate of drug-likeness (QED) is 0.524. The predicted molar refractivity (Wildman–Crippen MR) is 128 cm³/mol. The van der Waals surface area contributed by atoms with E-state index >= 15 is 0 Å². The fourth-order valence-electron chi connectivity index (χ4n) is 5.23. The van der Waals surface area contributed by atoms with Gasteiger partial charge in [-0.1, -0.05) is 42.7 Å². The average molecular weight is 442 g/mol. The number of carbonyl (C=O) groups is 1. The number of carbonyl (C=O) groups excluding carboxylic acids is 1. The van der Waals surface area contributed by atoms with E-state index in [1.807, 2.05) is 7.05 Å².